The Hall–Kier alpha value is -3.29. The predicted molar refractivity (Wildman–Crippen MR) is 95.7 cm³/mol. The lowest BCUT2D eigenvalue weighted by Crippen LogP contribution is -2.37. The van der Waals surface area contributed by atoms with Gasteiger partial charge in [-0.25, -0.2) is 13.6 Å². The molecule has 1 saturated heterocycles. The molecule has 0 aromatic heterocycles. The molecule has 27 heavy (non-hydrogen) atoms. The second-order valence-corrected chi connectivity index (χ2v) is 6.14. The summed E-state index contributed by atoms with van der Waals surface area (Å²) >= 11 is 0. The van der Waals surface area contributed by atoms with Crippen molar-refractivity contribution in [3.8, 4) is 0 Å². The fourth-order valence-electron chi connectivity index (χ4n) is 2.81. The molecule has 2 aromatic rings. The predicted octanol–water partition coefficient (Wildman–Crippen LogP) is 3.05. The van der Waals surface area contributed by atoms with Crippen molar-refractivity contribution in [1.82, 2.24) is 4.90 Å². The molecule has 0 aliphatic carbocycles. The molecule has 1 heterocycles. The number of amides is 3. The first kappa shape index (κ1) is 18.5. The molecule has 0 atom stereocenters. The van der Waals surface area contributed by atoms with Gasteiger partial charge in [0.15, 0.2) is 17.4 Å². The van der Waals surface area contributed by atoms with E-state index in [0.29, 0.717) is 11.3 Å². The monoisotopic (exact) mass is 373 g/mol. The molecule has 1 aliphatic heterocycles. The van der Waals surface area contributed by atoms with Gasteiger partial charge in [-0.05, 0) is 31.2 Å². The lowest BCUT2D eigenvalue weighted by molar-refractivity contribution is -0.116. The van der Waals surface area contributed by atoms with Crippen LogP contribution in [0.3, 0.4) is 0 Å². The number of anilines is 2. The molecule has 6 nitrogen and oxygen atoms in total. The minimum absolute atomic E-state index is 0.122. The van der Waals surface area contributed by atoms with Crippen LogP contribution < -0.4 is 10.2 Å². The molecular weight excluding hydrogens is 356 g/mol. The number of benzene rings is 2. The Morgan fingerprint density at radius 3 is 2.56 bits per heavy atom. The van der Waals surface area contributed by atoms with E-state index in [-0.39, 0.29) is 31.1 Å². The quantitative estimate of drug-likeness (QED) is 0.819. The largest absolute Gasteiger partial charge is 0.325 e. The smallest absolute Gasteiger partial charge is 0.325 e. The third kappa shape index (κ3) is 4.11. The Kier molecular flexibility index (Phi) is 5.16. The van der Waals surface area contributed by atoms with Crippen LogP contribution >= 0.6 is 0 Å². The Labute approximate surface area is 154 Å². The van der Waals surface area contributed by atoms with Crippen LogP contribution in [-0.4, -0.2) is 42.3 Å². The summed E-state index contributed by atoms with van der Waals surface area (Å²) in [7, 11) is 0. The summed E-state index contributed by atoms with van der Waals surface area (Å²) in [5, 5.41) is 2.64. The minimum Gasteiger partial charge on any atom is -0.325 e. The number of carbonyl (C=O) groups excluding carboxylic acids is 3. The average Bonchev–Trinajstić information content (AvgIpc) is 2.98. The molecule has 0 bridgehead atoms. The van der Waals surface area contributed by atoms with Gasteiger partial charge in [0.05, 0.1) is 0 Å². The highest BCUT2D eigenvalue weighted by molar-refractivity contribution is 6.00. The molecule has 0 unspecified atom stereocenters. The topological polar surface area (TPSA) is 69.7 Å². The van der Waals surface area contributed by atoms with E-state index in [1.807, 2.05) is 0 Å². The van der Waals surface area contributed by atoms with Crippen molar-refractivity contribution in [2.75, 3.05) is 29.9 Å². The molecule has 0 saturated carbocycles. The molecule has 140 valence electrons. The normalized spacial score (nSPS) is 13.8. The first-order valence-electron chi connectivity index (χ1n) is 8.27. The van der Waals surface area contributed by atoms with Crippen LogP contribution in [0.2, 0.25) is 0 Å². The number of urea groups is 1. The van der Waals surface area contributed by atoms with Crippen LogP contribution in [0, 0.1) is 11.6 Å². The number of hydrogen-bond acceptors (Lipinski definition) is 3. The zero-order valence-corrected chi connectivity index (χ0v) is 14.5. The van der Waals surface area contributed by atoms with Crippen molar-refractivity contribution < 1.29 is 23.2 Å². The standard InChI is InChI=1S/C19H17F2N3O3/c1-12(25)13-3-2-4-14(9-13)22-18(26)11-23-7-8-24(19(23)27)15-5-6-16(20)17(21)10-15/h2-6,9-10H,7-8,11H2,1H3,(H,22,26). The fourth-order valence-corrected chi connectivity index (χ4v) is 2.81. The van der Waals surface area contributed by atoms with E-state index in [9.17, 15) is 23.2 Å². The zero-order chi connectivity index (χ0) is 19.6. The minimum atomic E-state index is -1.04. The van der Waals surface area contributed by atoms with Crippen LogP contribution in [0.1, 0.15) is 17.3 Å². The number of halogens is 2. The molecule has 3 amide bonds. The summed E-state index contributed by atoms with van der Waals surface area (Å²) in [6, 6.07) is 9.24. The number of Topliss-reactive ketones (excluding diaryl/α,β-unsaturated/α-hetero) is 1. The number of carbonyl (C=O) groups is 3. The van der Waals surface area contributed by atoms with Gasteiger partial charge < -0.3 is 10.2 Å². The number of nitrogens with zero attached hydrogens (tertiary/aromatic N) is 2. The molecule has 3 rings (SSSR count). The molecule has 8 heteroatoms. The molecule has 1 fully saturated rings. The highest BCUT2D eigenvalue weighted by atomic mass is 19.2. The second-order valence-electron chi connectivity index (χ2n) is 6.14. The van der Waals surface area contributed by atoms with Gasteiger partial charge >= 0.3 is 6.03 Å². The maximum atomic E-state index is 13.4. The first-order chi connectivity index (χ1) is 12.8. The van der Waals surface area contributed by atoms with E-state index in [2.05, 4.69) is 5.32 Å². The van der Waals surface area contributed by atoms with Crippen LogP contribution in [0.5, 0.6) is 0 Å². The summed E-state index contributed by atoms with van der Waals surface area (Å²) in [6.45, 7) is 1.77. The van der Waals surface area contributed by atoms with Crippen molar-refractivity contribution in [3.05, 3.63) is 59.7 Å². The molecule has 1 N–H and O–H groups in total. The number of ketones is 1. The highest BCUT2D eigenvalue weighted by Crippen LogP contribution is 2.22. The van der Waals surface area contributed by atoms with Gasteiger partial charge in [-0.3, -0.25) is 14.5 Å². The number of nitrogens with one attached hydrogen (secondary N) is 1. The van der Waals surface area contributed by atoms with Crippen molar-refractivity contribution in [2.24, 2.45) is 0 Å². The summed E-state index contributed by atoms with van der Waals surface area (Å²) in [5.41, 5.74) is 1.15. The molecule has 0 spiro atoms. The van der Waals surface area contributed by atoms with Gasteiger partial charge in [0.25, 0.3) is 0 Å². The fraction of sp³-hybridized carbons (Fsp3) is 0.211. The van der Waals surface area contributed by atoms with E-state index in [1.165, 1.54) is 22.8 Å². The summed E-state index contributed by atoms with van der Waals surface area (Å²) in [5.74, 6) is -2.57. The van der Waals surface area contributed by atoms with Crippen LogP contribution in [-0.2, 0) is 4.79 Å². The van der Waals surface area contributed by atoms with Crippen LogP contribution in [0.25, 0.3) is 0 Å². The van der Waals surface area contributed by atoms with Gasteiger partial charge in [-0.2, -0.15) is 0 Å². The first-order valence-corrected chi connectivity index (χ1v) is 8.27. The summed E-state index contributed by atoms with van der Waals surface area (Å²) in [6.07, 6.45) is 0. The van der Waals surface area contributed by atoms with E-state index >= 15 is 0 Å². The van der Waals surface area contributed by atoms with Crippen molar-refractivity contribution in [1.29, 1.82) is 0 Å². The Bertz CT molecular complexity index is 917. The van der Waals surface area contributed by atoms with E-state index in [1.54, 1.807) is 24.3 Å². The van der Waals surface area contributed by atoms with E-state index in [4.69, 9.17) is 0 Å². The molecular formula is C19H17F2N3O3. The molecule has 2 aromatic carbocycles. The maximum absolute atomic E-state index is 13.4. The SMILES string of the molecule is CC(=O)c1cccc(NC(=O)CN2CCN(c3ccc(F)c(F)c3)C2=O)c1. The lowest BCUT2D eigenvalue weighted by atomic mass is 10.1. The van der Waals surface area contributed by atoms with Crippen LogP contribution in [0.4, 0.5) is 25.0 Å². The molecule has 1 aliphatic rings. The number of hydrogen-bond donors (Lipinski definition) is 1. The third-order valence-corrected chi connectivity index (χ3v) is 4.20. The Morgan fingerprint density at radius 1 is 1.07 bits per heavy atom. The Balaban J connectivity index is 1.63. The second kappa shape index (κ2) is 7.53. The van der Waals surface area contributed by atoms with Crippen molar-refractivity contribution >= 4 is 29.1 Å². The van der Waals surface area contributed by atoms with Gasteiger partial charge in [0, 0.05) is 36.1 Å². The van der Waals surface area contributed by atoms with Gasteiger partial charge in [-0.1, -0.05) is 12.1 Å². The van der Waals surface area contributed by atoms with Gasteiger partial charge in [-0.15, -0.1) is 0 Å². The summed E-state index contributed by atoms with van der Waals surface area (Å²) < 4.78 is 26.4. The van der Waals surface area contributed by atoms with Crippen molar-refractivity contribution in [3.63, 3.8) is 0 Å². The molecule has 0 radical (unpaired) electrons. The average molecular weight is 373 g/mol. The van der Waals surface area contributed by atoms with E-state index < -0.39 is 23.6 Å². The zero-order valence-electron chi connectivity index (χ0n) is 14.5. The Morgan fingerprint density at radius 2 is 1.85 bits per heavy atom. The maximum Gasteiger partial charge on any atom is 0.325 e. The van der Waals surface area contributed by atoms with Gasteiger partial charge in [0.2, 0.25) is 5.91 Å². The van der Waals surface area contributed by atoms with Gasteiger partial charge in [0.1, 0.15) is 6.54 Å². The van der Waals surface area contributed by atoms with Crippen LogP contribution in [0.15, 0.2) is 42.5 Å². The van der Waals surface area contributed by atoms with E-state index in [0.717, 1.165) is 12.1 Å². The van der Waals surface area contributed by atoms with Crippen molar-refractivity contribution in [2.45, 2.75) is 6.92 Å². The number of rotatable bonds is 5. The highest BCUT2D eigenvalue weighted by Gasteiger charge is 2.31. The lowest BCUT2D eigenvalue weighted by Gasteiger charge is -2.18. The summed E-state index contributed by atoms with van der Waals surface area (Å²) in [4.78, 5) is 38.7. The third-order valence-electron chi connectivity index (χ3n) is 4.20.